The molecular formula is C12H21N. The Morgan fingerprint density at radius 1 is 1.38 bits per heavy atom. The van der Waals surface area contributed by atoms with Gasteiger partial charge in [-0.3, -0.25) is 0 Å². The minimum atomic E-state index is 0.713. The number of nitrogens with two attached hydrogens (primary N) is 1. The van der Waals surface area contributed by atoms with Gasteiger partial charge in [-0.1, -0.05) is 31.2 Å². The van der Waals surface area contributed by atoms with E-state index in [2.05, 4.69) is 33.4 Å². The van der Waals surface area contributed by atoms with E-state index >= 15 is 0 Å². The largest absolute Gasteiger partial charge is 0.330 e. The first kappa shape index (κ1) is 12.2. The Bertz CT molecular complexity index is 217. The van der Waals surface area contributed by atoms with Gasteiger partial charge in [-0.25, -0.2) is 0 Å². The molecule has 0 aromatic rings. The summed E-state index contributed by atoms with van der Waals surface area (Å²) in [5, 5.41) is 0. The van der Waals surface area contributed by atoms with Crippen LogP contribution in [0, 0.1) is 0 Å². The first-order valence-corrected chi connectivity index (χ1v) is 4.85. The zero-order valence-electron chi connectivity index (χ0n) is 9.06. The van der Waals surface area contributed by atoms with Gasteiger partial charge in [-0.15, -0.1) is 0 Å². The molecule has 13 heavy (non-hydrogen) atoms. The van der Waals surface area contributed by atoms with Gasteiger partial charge in [0.05, 0.1) is 0 Å². The van der Waals surface area contributed by atoms with E-state index in [1.807, 2.05) is 6.08 Å². The summed E-state index contributed by atoms with van der Waals surface area (Å²) in [6, 6.07) is 0. The van der Waals surface area contributed by atoms with Crippen molar-refractivity contribution in [3.8, 4) is 0 Å². The van der Waals surface area contributed by atoms with Crippen molar-refractivity contribution in [3.05, 3.63) is 35.5 Å². The van der Waals surface area contributed by atoms with Crippen LogP contribution in [-0.4, -0.2) is 6.54 Å². The summed E-state index contributed by atoms with van der Waals surface area (Å²) in [4.78, 5) is 0. The normalized spacial score (nSPS) is 11.2. The third kappa shape index (κ3) is 4.69. The summed E-state index contributed by atoms with van der Waals surface area (Å²) in [5.74, 6) is 0. The van der Waals surface area contributed by atoms with Crippen molar-refractivity contribution >= 4 is 0 Å². The fraction of sp³-hybridized carbons (Fsp3) is 0.500. The molecule has 2 N–H and O–H groups in total. The lowest BCUT2D eigenvalue weighted by molar-refractivity contribution is 0.951. The van der Waals surface area contributed by atoms with E-state index in [4.69, 9.17) is 5.73 Å². The fourth-order valence-electron chi connectivity index (χ4n) is 1.15. The maximum absolute atomic E-state index is 5.54. The van der Waals surface area contributed by atoms with E-state index in [-0.39, 0.29) is 0 Å². The SMILES string of the molecule is C=C/C(=C/C(CCN)=C(C)C)CC. The first-order valence-electron chi connectivity index (χ1n) is 4.85. The molecule has 0 spiro atoms. The molecule has 1 heteroatoms. The van der Waals surface area contributed by atoms with Crippen molar-refractivity contribution in [1.29, 1.82) is 0 Å². The monoisotopic (exact) mass is 179 g/mol. The predicted molar refractivity (Wildman–Crippen MR) is 60.6 cm³/mol. The van der Waals surface area contributed by atoms with E-state index in [9.17, 15) is 0 Å². The van der Waals surface area contributed by atoms with Gasteiger partial charge >= 0.3 is 0 Å². The van der Waals surface area contributed by atoms with Crippen molar-refractivity contribution in [2.45, 2.75) is 33.6 Å². The highest BCUT2D eigenvalue weighted by atomic mass is 14.5. The lowest BCUT2D eigenvalue weighted by Gasteiger charge is -2.05. The second-order valence-corrected chi connectivity index (χ2v) is 3.34. The van der Waals surface area contributed by atoms with Crippen molar-refractivity contribution < 1.29 is 0 Å². The van der Waals surface area contributed by atoms with Gasteiger partial charge in [0.2, 0.25) is 0 Å². The molecule has 0 unspecified atom stereocenters. The minimum Gasteiger partial charge on any atom is -0.330 e. The second-order valence-electron chi connectivity index (χ2n) is 3.34. The molecule has 0 aromatic carbocycles. The number of rotatable bonds is 5. The molecular weight excluding hydrogens is 158 g/mol. The van der Waals surface area contributed by atoms with Crippen LogP contribution in [-0.2, 0) is 0 Å². The number of hydrogen-bond donors (Lipinski definition) is 1. The molecule has 0 fully saturated rings. The Morgan fingerprint density at radius 2 is 2.00 bits per heavy atom. The fourth-order valence-corrected chi connectivity index (χ4v) is 1.15. The van der Waals surface area contributed by atoms with Gasteiger partial charge in [-0.2, -0.15) is 0 Å². The zero-order chi connectivity index (χ0) is 10.3. The Balaban J connectivity index is 4.68. The summed E-state index contributed by atoms with van der Waals surface area (Å²) in [6.45, 7) is 10.9. The molecule has 0 atom stereocenters. The van der Waals surface area contributed by atoms with E-state index in [1.54, 1.807) is 0 Å². The Labute approximate surface area is 82.0 Å². The Morgan fingerprint density at radius 3 is 2.31 bits per heavy atom. The van der Waals surface area contributed by atoms with Crippen LogP contribution in [0.5, 0.6) is 0 Å². The maximum atomic E-state index is 5.54. The lowest BCUT2D eigenvalue weighted by Crippen LogP contribution is -2.00. The average molecular weight is 179 g/mol. The first-order chi connectivity index (χ1) is 6.15. The van der Waals surface area contributed by atoms with Gasteiger partial charge in [0, 0.05) is 0 Å². The third-order valence-electron chi connectivity index (χ3n) is 2.09. The Hall–Kier alpha value is -0.820. The van der Waals surface area contributed by atoms with Gasteiger partial charge in [0.25, 0.3) is 0 Å². The van der Waals surface area contributed by atoms with Crippen LogP contribution in [0.1, 0.15) is 33.6 Å². The molecule has 74 valence electrons. The molecule has 0 rings (SSSR count). The minimum absolute atomic E-state index is 0.713. The van der Waals surface area contributed by atoms with Crippen molar-refractivity contribution in [2.75, 3.05) is 6.54 Å². The van der Waals surface area contributed by atoms with E-state index in [1.165, 1.54) is 16.7 Å². The van der Waals surface area contributed by atoms with Gasteiger partial charge < -0.3 is 5.73 Å². The van der Waals surface area contributed by atoms with Gasteiger partial charge in [0.15, 0.2) is 0 Å². The van der Waals surface area contributed by atoms with Crippen LogP contribution in [0.15, 0.2) is 35.5 Å². The quantitative estimate of drug-likeness (QED) is 0.644. The highest BCUT2D eigenvalue weighted by molar-refractivity contribution is 5.31. The van der Waals surface area contributed by atoms with E-state index in [0.29, 0.717) is 6.54 Å². The molecule has 0 aromatic heterocycles. The molecule has 0 aliphatic rings. The van der Waals surface area contributed by atoms with Crippen LogP contribution in [0.2, 0.25) is 0 Å². The van der Waals surface area contributed by atoms with Crippen molar-refractivity contribution in [2.24, 2.45) is 5.73 Å². The van der Waals surface area contributed by atoms with Crippen LogP contribution in [0.4, 0.5) is 0 Å². The third-order valence-corrected chi connectivity index (χ3v) is 2.09. The van der Waals surface area contributed by atoms with Gasteiger partial charge in [-0.05, 0) is 44.4 Å². The average Bonchev–Trinajstić information content (AvgIpc) is 2.11. The molecule has 0 bridgehead atoms. The highest BCUT2D eigenvalue weighted by Crippen LogP contribution is 2.14. The van der Waals surface area contributed by atoms with E-state index in [0.717, 1.165) is 12.8 Å². The summed E-state index contributed by atoms with van der Waals surface area (Å²) < 4.78 is 0. The predicted octanol–water partition coefficient (Wildman–Crippen LogP) is 3.19. The molecule has 0 radical (unpaired) electrons. The van der Waals surface area contributed by atoms with Crippen LogP contribution in [0.25, 0.3) is 0 Å². The zero-order valence-corrected chi connectivity index (χ0v) is 9.06. The molecule has 0 aliphatic carbocycles. The van der Waals surface area contributed by atoms with Crippen LogP contribution >= 0.6 is 0 Å². The summed E-state index contributed by atoms with van der Waals surface area (Å²) in [6.07, 6.45) is 6.11. The Kier molecular flexibility index (Phi) is 6.25. The van der Waals surface area contributed by atoms with Crippen LogP contribution in [0.3, 0.4) is 0 Å². The standard InChI is InChI=1S/C12H21N/c1-5-11(6-2)9-12(7-8-13)10(3)4/h5,9H,1,6-8,13H2,2-4H3/b11-9-. The molecule has 0 saturated heterocycles. The summed E-state index contributed by atoms with van der Waals surface area (Å²) in [7, 11) is 0. The van der Waals surface area contributed by atoms with Crippen molar-refractivity contribution in [3.63, 3.8) is 0 Å². The molecule has 1 nitrogen and oxygen atoms in total. The number of hydrogen-bond acceptors (Lipinski definition) is 1. The topological polar surface area (TPSA) is 26.0 Å². The molecule has 0 saturated carbocycles. The molecule has 0 aliphatic heterocycles. The number of allylic oxidation sites excluding steroid dienone is 4. The second kappa shape index (κ2) is 6.67. The van der Waals surface area contributed by atoms with Gasteiger partial charge in [0.1, 0.15) is 0 Å². The summed E-state index contributed by atoms with van der Waals surface area (Å²) in [5.41, 5.74) is 9.51. The maximum Gasteiger partial charge on any atom is -0.00367 e. The summed E-state index contributed by atoms with van der Waals surface area (Å²) >= 11 is 0. The smallest absolute Gasteiger partial charge is 0.00367 e. The lowest BCUT2D eigenvalue weighted by atomic mass is 10.0. The van der Waals surface area contributed by atoms with E-state index < -0.39 is 0 Å². The highest BCUT2D eigenvalue weighted by Gasteiger charge is 1.96. The van der Waals surface area contributed by atoms with Crippen LogP contribution < -0.4 is 5.73 Å². The van der Waals surface area contributed by atoms with Crippen molar-refractivity contribution in [1.82, 2.24) is 0 Å². The molecule has 0 amide bonds. The molecule has 0 heterocycles.